The molecule has 0 saturated heterocycles. The molecular formula is C12H19N3O3. The van der Waals surface area contributed by atoms with Gasteiger partial charge < -0.3 is 10.4 Å². The smallest absolute Gasteiger partial charge is 0.314 e. The van der Waals surface area contributed by atoms with E-state index in [1.165, 1.54) is 0 Å². The number of nitrogens with zero attached hydrogens (tertiary/aromatic N) is 2. The summed E-state index contributed by atoms with van der Waals surface area (Å²) >= 11 is 0. The first-order valence-corrected chi connectivity index (χ1v) is 6.01. The van der Waals surface area contributed by atoms with Crippen molar-refractivity contribution in [1.29, 1.82) is 0 Å². The van der Waals surface area contributed by atoms with E-state index in [1.807, 2.05) is 6.92 Å². The van der Waals surface area contributed by atoms with Crippen LogP contribution in [0.3, 0.4) is 0 Å². The minimum absolute atomic E-state index is 0.0349. The molecule has 0 aliphatic heterocycles. The molecule has 1 aromatic heterocycles. The van der Waals surface area contributed by atoms with Gasteiger partial charge in [0.05, 0.1) is 4.92 Å². The highest BCUT2D eigenvalue weighted by Gasteiger charge is 2.17. The van der Waals surface area contributed by atoms with E-state index in [0.29, 0.717) is 17.9 Å². The molecule has 1 unspecified atom stereocenters. The van der Waals surface area contributed by atoms with Crippen molar-refractivity contribution >= 4 is 11.5 Å². The fraction of sp³-hybridized carbons (Fsp3) is 0.583. The van der Waals surface area contributed by atoms with E-state index in [1.54, 1.807) is 19.2 Å². The van der Waals surface area contributed by atoms with Crippen molar-refractivity contribution < 1.29 is 10.0 Å². The highest BCUT2D eigenvalue weighted by Crippen LogP contribution is 2.25. The molecule has 0 aliphatic carbocycles. The van der Waals surface area contributed by atoms with Gasteiger partial charge in [0.1, 0.15) is 0 Å². The molecular weight excluding hydrogens is 234 g/mol. The summed E-state index contributed by atoms with van der Waals surface area (Å²) in [5.41, 5.74) is 0.633. The Bertz CT molecular complexity index is 410. The number of hydrogen-bond donors (Lipinski definition) is 2. The van der Waals surface area contributed by atoms with Gasteiger partial charge in [-0.2, -0.15) is 0 Å². The Labute approximate surface area is 106 Å². The van der Waals surface area contributed by atoms with Crippen LogP contribution >= 0.6 is 0 Å². The van der Waals surface area contributed by atoms with Crippen molar-refractivity contribution in [2.24, 2.45) is 5.92 Å². The van der Waals surface area contributed by atoms with E-state index >= 15 is 0 Å². The van der Waals surface area contributed by atoms with Gasteiger partial charge in [-0.25, -0.2) is 4.98 Å². The van der Waals surface area contributed by atoms with E-state index in [2.05, 4.69) is 10.3 Å². The summed E-state index contributed by atoms with van der Waals surface area (Å²) in [7, 11) is 0. The molecule has 18 heavy (non-hydrogen) atoms. The normalized spacial score (nSPS) is 12.2. The molecule has 2 N–H and O–H groups in total. The number of aliphatic hydroxyl groups excluding tert-OH is 1. The molecule has 0 aromatic carbocycles. The van der Waals surface area contributed by atoms with Crippen LogP contribution in [0, 0.1) is 23.0 Å². The van der Waals surface area contributed by atoms with E-state index in [-0.39, 0.29) is 18.2 Å². The first kappa shape index (κ1) is 14.4. The predicted octanol–water partition coefficient (Wildman–Crippen LogP) is 2.12. The van der Waals surface area contributed by atoms with Crippen molar-refractivity contribution in [3.05, 3.63) is 27.9 Å². The van der Waals surface area contributed by atoms with Gasteiger partial charge in [0.2, 0.25) is 5.82 Å². The Balaban J connectivity index is 2.57. The standard InChI is InChI=1S/C12H19N3O3/c1-9(8-16)4-3-6-13-12-11(15(17)18)10(2)5-7-14-12/h5,7,9,16H,3-4,6,8H2,1-2H3,(H,13,14). The Hall–Kier alpha value is -1.69. The molecule has 1 rings (SSSR count). The third-order valence-electron chi connectivity index (χ3n) is 2.79. The van der Waals surface area contributed by atoms with Crippen molar-refractivity contribution in [2.45, 2.75) is 26.7 Å². The minimum atomic E-state index is -0.416. The molecule has 100 valence electrons. The van der Waals surface area contributed by atoms with Crippen LogP contribution in [-0.2, 0) is 0 Å². The topological polar surface area (TPSA) is 88.3 Å². The number of anilines is 1. The zero-order valence-electron chi connectivity index (χ0n) is 10.7. The number of aromatic nitrogens is 1. The number of rotatable bonds is 7. The highest BCUT2D eigenvalue weighted by molar-refractivity contribution is 5.59. The highest BCUT2D eigenvalue weighted by atomic mass is 16.6. The van der Waals surface area contributed by atoms with E-state index in [4.69, 9.17) is 5.11 Å². The molecule has 0 fully saturated rings. The Morgan fingerprint density at radius 3 is 2.94 bits per heavy atom. The summed E-state index contributed by atoms with van der Waals surface area (Å²) in [6, 6.07) is 1.62. The summed E-state index contributed by atoms with van der Waals surface area (Å²) in [5, 5.41) is 22.8. The summed E-state index contributed by atoms with van der Waals surface area (Å²) in [6.07, 6.45) is 3.28. The van der Waals surface area contributed by atoms with Crippen LogP contribution in [-0.4, -0.2) is 28.2 Å². The largest absolute Gasteiger partial charge is 0.396 e. The number of nitro groups is 1. The first-order valence-electron chi connectivity index (χ1n) is 6.01. The molecule has 0 amide bonds. The molecule has 1 heterocycles. The zero-order valence-corrected chi connectivity index (χ0v) is 10.7. The fourth-order valence-electron chi connectivity index (χ4n) is 1.66. The molecule has 0 spiro atoms. The van der Waals surface area contributed by atoms with Gasteiger partial charge >= 0.3 is 5.69 Å². The summed E-state index contributed by atoms with van der Waals surface area (Å²) in [6.45, 7) is 4.44. The van der Waals surface area contributed by atoms with Crippen LogP contribution < -0.4 is 5.32 Å². The molecule has 1 aromatic rings. The van der Waals surface area contributed by atoms with Gasteiger partial charge in [-0.3, -0.25) is 10.1 Å². The maximum absolute atomic E-state index is 10.9. The maximum atomic E-state index is 10.9. The second-order valence-electron chi connectivity index (χ2n) is 4.44. The zero-order chi connectivity index (χ0) is 13.5. The minimum Gasteiger partial charge on any atom is -0.396 e. The van der Waals surface area contributed by atoms with E-state index in [9.17, 15) is 10.1 Å². The van der Waals surface area contributed by atoms with Crippen LogP contribution in [0.4, 0.5) is 11.5 Å². The number of aryl methyl sites for hydroxylation is 1. The van der Waals surface area contributed by atoms with E-state index < -0.39 is 4.92 Å². The quantitative estimate of drug-likeness (QED) is 0.441. The monoisotopic (exact) mass is 253 g/mol. The van der Waals surface area contributed by atoms with Gasteiger partial charge in [-0.1, -0.05) is 6.92 Å². The molecule has 0 radical (unpaired) electrons. The lowest BCUT2D eigenvalue weighted by Crippen LogP contribution is -2.09. The van der Waals surface area contributed by atoms with Crippen molar-refractivity contribution in [3.63, 3.8) is 0 Å². The fourth-order valence-corrected chi connectivity index (χ4v) is 1.66. The third-order valence-corrected chi connectivity index (χ3v) is 2.79. The van der Waals surface area contributed by atoms with Crippen LogP contribution in [0.5, 0.6) is 0 Å². The second-order valence-corrected chi connectivity index (χ2v) is 4.44. The Morgan fingerprint density at radius 2 is 2.33 bits per heavy atom. The second kappa shape index (κ2) is 6.90. The van der Waals surface area contributed by atoms with Crippen LogP contribution in [0.2, 0.25) is 0 Å². The lowest BCUT2D eigenvalue weighted by Gasteiger charge is -2.09. The summed E-state index contributed by atoms with van der Waals surface area (Å²) in [4.78, 5) is 14.5. The first-order chi connectivity index (χ1) is 8.56. The summed E-state index contributed by atoms with van der Waals surface area (Å²) < 4.78 is 0. The van der Waals surface area contributed by atoms with Gasteiger partial charge in [-0.15, -0.1) is 0 Å². The van der Waals surface area contributed by atoms with Gasteiger partial charge in [-0.05, 0) is 31.7 Å². The molecule has 0 saturated carbocycles. The van der Waals surface area contributed by atoms with Crippen molar-refractivity contribution in [1.82, 2.24) is 4.98 Å². The maximum Gasteiger partial charge on any atom is 0.314 e. The van der Waals surface area contributed by atoms with E-state index in [0.717, 1.165) is 12.8 Å². The van der Waals surface area contributed by atoms with Crippen LogP contribution in [0.15, 0.2) is 12.3 Å². The lowest BCUT2D eigenvalue weighted by molar-refractivity contribution is -0.384. The number of nitrogens with one attached hydrogen (secondary N) is 1. The molecule has 6 heteroatoms. The lowest BCUT2D eigenvalue weighted by atomic mass is 10.1. The van der Waals surface area contributed by atoms with Crippen LogP contribution in [0.1, 0.15) is 25.3 Å². The van der Waals surface area contributed by atoms with Gasteiger partial charge in [0.25, 0.3) is 0 Å². The number of hydrogen-bond acceptors (Lipinski definition) is 5. The predicted molar refractivity (Wildman–Crippen MR) is 69.6 cm³/mol. The van der Waals surface area contributed by atoms with Gasteiger partial charge in [0, 0.05) is 24.9 Å². The SMILES string of the molecule is Cc1ccnc(NCCCC(C)CO)c1[N+](=O)[O-]. The van der Waals surface area contributed by atoms with Gasteiger partial charge in [0.15, 0.2) is 0 Å². The molecule has 1 atom stereocenters. The average molecular weight is 253 g/mol. The molecule has 0 aliphatic rings. The third kappa shape index (κ3) is 3.96. The molecule has 0 bridgehead atoms. The average Bonchev–Trinajstić information content (AvgIpc) is 2.33. The Kier molecular flexibility index (Phi) is 5.51. The van der Waals surface area contributed by atoms with Crippen molar-refractivity contribution in [3.8, 4) is 0 Å². The van der Waals surface area contributed by atoms with Crippen molar-refractivity contribution in [2.75, 3.05) is 18.5 Å². The van der Waals surface area contributed by atoms with Crippen LogP contribution in [0.25, 0.3) is 0 Å². The number of aliphatic hydroxyl groups is 1. The Morgan fingerprint density at radius 1 is 1.61 bits per heavy atom. The molecule has 6 nitrogen and oxygen atoms in total. The number of pyridine rings is 1. The summed E-state index contributed by atoms with van der Waals surface area (Å²) in [5.74, 6) is 0.573.